The fourth-order valence-corrected chi connectivity index (χ4v) is 3.02. The molecule has 140 valence electrons. The van der Waals surface area contributed by atoms with E-state index in [4.69, 9.17) is 11.6 Å². The van der Waals surface area contributed by atoms with E-state index in [-0.39, 0.29) is 24.0 Å². The van der Waals surface area contributed by atoms with E-state index in [9.17, 15) is 0 Å². The van der Waals surface area contributed by atoms with Crippen molar-refractivity contribution >= 4 is 41.5 Å². The van der Waals surface area contributed by atoms with Crippen molar-refractivity contribution < 1.29 is 0 Å². The average Bonchev–Trinajstić information content (AvgIpc) is 3.47. The van der Waals surface area contributed by atoms with Gasteiger partial charge in [-0.15, -0.1) is 24.0 Å². The van der Waals surface area contributed by atoms with Crippen LogP contribution in [0.25, 0.3) is 0 Å². The molecule has 25 heavy (non-hydrogen) atoms. The third-order valence-electron chi connectivity index (χ3n) is 4.66. The van der Waals surface area contributed by atoms with Crippen molar-refractivity contribution in [2.24, 2.45) is 10.9 Å². The van der Waals surface area contributed by atoms with Crippen LogP contribution in [-0.2, 0) is 6.42 Å². The third kappa shape index (κ3) is 7.66. The maximum atomic E-state index is 5.80. The lowest BCUT2D eigenvalue weighted by Crippen LogP contribution is -2.43. The van der Waals surface area contributed by atoms with E-state index in [2.05, 4.69) is 25.5 Å². The summed E-state index contributed by atoms with van der Waals surface area (Å²) in [5, 5.41) is 7.33. The second-order valence-corrected chi connectivity index (χ2v) is 7.22. The van der Waals surface area contributed by atoms with Crippen molar-refractivity contribution in [2.45, 2.75) is 38.1 Å². The van der Waals surface area contributed by atoms with Crippen molar-refractivity contribution in [1.29, 1.82) is 0 Å². The van der Waals surface area contributed by atoms with Crippen molar-refractivity contribution in [3.63, 3.8) is 0 Å². The summed E-state index contributed by atoms with van der Waals surface area (Å²) in [6.07, 6.45) is 8.36. The maximum absolute atomic E-state index is 5.80. The molecule has 0 amide bonds. The highest BCUT2D eigenvalue weighted by molar-refractivity contribution is 14.0. The number of rotatable bonds is 9. The number of guanidine groups is 1. The van der Waals surface area contributed by atoms with Crippen LogP contribution in [0.2, 0.25) is 5.15 Å². The van der Waals surface area contributed by atoms with Gasteiger partial charge in [-0.05, 0) is 49.7 Å². The van der Waals surface area contributed by atoms with Crippen LogP contribution in [0.15, 0.2) is 23.3 Å². The summed E-state index contributed by atoms with van der Waals surface area (Å²) in [5.41, 5.74) is 1.17. The molecule has 0 spiro atoms. The van der Waals surface area contributed by atoms with Crippen molar-refractivity contribution in [1.82, 2.24) is 20.5 Å². The zero-order chi connectivity index (χ0) is 16.8. The minimum Gasteiger partial charge on any atom is -0.356 e. The lowest BCUT2D eigenvalue weighted by molar-refractivity contribution is 0.256. The molecule has 2 fully saturated rings. The van der Waals surface area contributed by atoms with Crippen LogP contribution < -0.4 is 10.6 Å². The molecule has 1 aromatic rings. The van der Waals surface area contributed by atoms with Crippen molar-refractivity contribution in [2.75, 3.05) is 33.2 Å². The molecule has 2 aliphatic rings. The monoisotopic (exact) mass is 477 g/mol. The van der Waals surface area contributed by atoms with E-state index < -0.39 is 0 Å². The predicted molar refractivity (Wildman–Crippen MR) is 115 cm³/mol. The first-order valence-electron chi connectivity index (χ1n) is 9.03. The lowest BCUT2D eigenvalue weighted by atomic mass is 10.2. The highest BCUT2D eigenvalue weighted by Crippen LogP contribution is 2.34. The summed E-state index contributed by atoms with van der Waals surface area (Å²) < 4.78 is 0. The molecule has 0 atom stereocenters. The van der Waals surface area contributed by atoms with E-state index in [0.717, 1.165) is 44.0 Å². The Hall–Kier alpha value is -0.600. The SMILES string of the molecule is CN=C(NCCc1ccc(Cl)nc1)NCCN(CC1CC1)C1CC1.I. The quantitative estimate of drug-likeness (QED) is 0.249. The van der Waals surface area contributed by atoms with Crippen LogP contribution in [0.4, 0.5) is 0 Å². The minimum atomic E-state index is 0. The molecule has 1 heterocycles. The van der Waals surface area contributed by atoms with Crippen LogP contribution in [0, 0.1) is 5.92 Å². The van der Waals surface area contributed by atoms with E-state index in [1.165, 1.54) is 37.8 Å². The Kier molecular flexibility index (Phi) is 8.72. The fraction of sp³-hybridized carbons (Fsp3) is 0.667. The Morgan fingerprint density at radius 1 is 1.24 bits per heavy atom. The van der Waals surface area contributed by atoms with Crippen LogP contribution in [0.1, 0.15) is 31.2 Å². The molecular weight excluding hydrogens is 449 g/mol. The molecule has 0 bridgehead atoms. The molecule has 0 saturated heterocycles. The number of hydrogen-bond donors (Lipinski definition) is 2. The molecular formula is C18H29ClIN5. The lowest BCUT2D eigenvalue weighted by Gasteiger charge is -2.22. The number of nitrogens with one attached hydrogen (secondary N) is 2. The van der Waals surface area contributed by atoms with E-state index >= 15 is 0 Å². The molecule has 0 aliphatic heterocycles. The molecule has 1 aromatic heterocycles. The standard InChI is InChI=1S/C18H28ClN5.HI/c1-20-18(21-9-8-14-4-7-17(19)23-12-14)22-10-11-24(16-5-6-16)13-15-2-3-15;/h4,7,12,15-16H,2-3,5-6,8-11,13H2,1H3,(H2,20,21,22);1H. The van der Waals surface area contributed by atoms with Crippen LogP contribution in [-0.4, -0.2) is 55.1 Å². The summed E-state index contributed by atoms with van der Waals surface area (Å²) in [7, 11) is 1.82. The van der Waals surface area contributed by atoms with Gasteiger partial charge >= 0.3 is 0 Å². The first-order valence-corrected chi connectivity index (χ1v) is 9.41. The molecule has 0 unspecified atom stereocenters. The van der Waals surface area contributed by atoms with Crippen molar-refractivity contribution in [3.05, 3.63) is 29.0 Å². The summed E-state index contributed by atoms with van der Waals surface area (Å²) >= 11 is 5.80. The van der Waals surface area contributed by atoms with Gasteiger partial charge in [0.15, 0.2) is 5.96 Å². The van der Waals surface area contributed by atoms with E-state index in [0.29, 0.717) is 5.15 Å². The Morgan fingerprint density at radius 2 is 2.00 bits per heavy atom. The molecule has 0 aromatic carbocycles. The topological polar surface area (TPSA) is 52.6 Å². The maximum Gasteiger partial charge on any atom is 0.191 e. The van der Waals surface area contributed by atoms with E-state index in [1.807, 2.05) is 25.4 Å². The second kappa shape index (κ2) is 10.5. The van der Waals surface area contributed by atoms with Crippen molar-refractivity contribution in [3.8, 4) is 0 Å². The van der Waals surface area contributed by atoms with Gasteiger partial charge in [-0.25, -0.2) is 4.98 Å². The smallest absolute Gasteiger partial charge is 0.191 e. The molecule has 0 radical (unpaired) electrons. The van der Waals surface area contributed by atoms with Gasteiger partial charge in [0.25, 0.3) is 0 Å². The Balaban J connectivity index is 0.00000225. The average molecular weight is 478 g/mol. The zero-order valence-corrected chi connectivity index (χ0v) is 18.0. The van der Waals surface area contributed by atoms with E-state index in [1.54, 1.807) is 0 Å². The number of halogens is 2. The Morgan fingerprint density at radius 3 is 2.60 bits per heavy atom. The summed E-state index contributed by atoms with van der Waals surface area (Å²) in [5.74, 6) is 1.84. The number of aromatic nitrogens is 1. The van der Waals surface area contributed by atoms with Gasteiger partial charge in [0.2, 0.25) is 0 Å². The Labute approximate surface area is 173 Å². The molecule has 3 rings (SSSR count). The minimum absolute atomic E-state index is 0. The first kappa shape index (κ1) is 20.7. The number of pyridine rings is 1. The van der Waals surface area contributed by atoms with Gasteiger partial charge in [0.05, 0.1) is 0 Å². The van der Waals surface area contributed by atoms with Gasteiger partial charge in [0, 0.05) is 45.5 Å². The molecule has 7 heteroatoms. The van der Waals surface area contributed by atoms with Gasteiger partial charge in [-0.1, -0.05) is 17.7 Å². The normalized spacial score (nSPS) is 17.3. The largest absolute Gasteiger partial charge is 0.356 e. The molecule has 2 aliphatic carbocycles. The second-order valence-electron chi connectivity index (χ2n) is 6.83. The third-order valence-corrected chi connectivity index (χ3v) is 4.89. The number of hydrogen-bond acceptors (Lipinski definition) is 3. The van der Waals surface area contributed by atoms with Gasteiger partial charge in [-0.2, -0.15) is 0 Å². The van der Waals surface area contributed by atoms with Gasteiger partial charge < -0.3 is 10.6 Å². The predicted octanol–water partition coefficient (Wildman–Crippen LogP) is 2.93. The molecule has 5 nitrogen and oxygen atoms in total. The summed E-state index contributed by atoms with van der Waals surface area (Å²) in [4.78, 5) is 11.1. The van der Waals surface area contributed by atoms with Gasteiger partial charge in [0.1, 0.15) is 5.15 Å². The Bertz CT molecular complexity index is 543. The van der Waals surface area contributed by atoms with Crippen LogP contribution in [0.5, 0.6) is 0 Å². The highest BCUT2D eigenvalue weighted by Gasteiger charge is 2.33. The van der Waals surface area contributed by atoms with Crippen LogP contribution in [0.3, 0.4) is 0 Å². The molecule has 2 saturated carbocycles. The number of nitrogens with zero attached hydrogens (tertiary/aromatic N) is 3. The molecule has 2 N–H and O–H groups in total. The summed E-state index contributed by atoms with van der Waals surface area (Å²) in [6.45, 7) is 4.19. The fourth-order valence-electron chi connectivity index (χ4n) is 2.91. The first-order chi connectivity index (χ1) is 11.7. The van der Waals surface area contributed by atoms with Crippen LogP contribution >= 0.6 is 35.6 Å². The summed E-state index contributed by atoms with van der Waals surface area (Å²) in [6, 6.07) is 4.69. The zero-order valence-electron chi connectivity index (χ0n) is 14.9. The van der Waals surface area contributed by atoms with Gasteiger partial charge in [-0.3, -0.25) is 9.89 Å². The highest BCUT2D eigenvalue weighted by atomic mass is 127. The number of aliphatic imine (C=N–C) groups is 1.